The number of carbonyl (C=O) groups is 1. The van der Waals surface area contributed by atoms with E-state index in [9.17, 15) is 4.79 Å². The van der Waals surface area contributed by atoms with Crippen LogP contribution in [0.2, 0.25) is 0 Å². The maximum atomic E-state index is 12.6. The van der Waals surface area contributed by atoms with Gasteiger partial charge in [0.15, 0.2) is 0 Å². The largest absolute Gasteiger partial charge is 0.340 e. The number of aromatic nitrogens is 2. The van der Waals surface area contributed by atoms with Crippen molar-refractivity contribution in [3.8, 4) is 0 Å². The summed E-state index contributed by atoms with van der Waals surface area (Å²) in [5.74, 6) is 0.354. The lowest BCUT2D eigenvalue weighted by Gasteiger charge is -2.22. The molecule has 0 spiro atoms. The highest BCUT2D eigenvalue weighted by atomic mass is 16.2. The Morgan fingerprint density at radius 3 is 2.95 bits per heavy atom. The molecule has 1 saturated heterocycles. The minimum atomic E-state index is 0.133. The van der Waals surface area contributed by atoms with E-state index in [0.29, 0.717) is 6.54 Å². The van der Waals surface area contributed by atoms with E-state index in [1.54, 1.807) is 11.1 Å². The first kappa shape index (κ1) is 14.9. The lowest BCUT2D eigenvalue weighted by Crippen LogP contribution is -2.33. The van der Waals surface area contributed by atoms with Crippen molar-refractivity contribution in [3.05, 3.63) is 36.2 Å². The second-order valence-corrected chi connectivity index (χ2v) is 5.92. The van der Waals surface area contributed by atoms with Gasteiger partial charge in [0.1, 0.15) is 0 Å². The number of amides is 1. The number of para-hydroxylation sites is 2. The van der Waals surface area contributed by atoms with E-state index >= 15 is 0 Å². The second-order valence-electron chi connectivity index (χ2n) is 5.92. The Hall–Kier alpha value is -2.01. The third-order valence-electron chi connectivity index (χ3n) is 4.20. The summed E-state index contributed by atoms with van der Waals surface area (Å²) in [7, 11) is 1.86. The minimum absolute atomic E-state index is 0.133. The van der Waals surface area contributed by atoms with E-state index in [1.165, 1.54) is 0 Å². The molecular formula is C17H22N4O. The minimum Gasteiger partial charge on any atom is -0.340 e. The normalized spacial score (nSPS) is 18.9. The number of nitrogens with zero attached hydrogens (tertiary/aromatic N) is 3. The Morgan fingerprint density at radius 2 is 2.09 bits per heavy atom. The van der Waals surface area contributed by atoms with Crippen LogP contribution in [-0.4, -0.2) is 40.9 Å². The molecule has 0 saturated carbocycles. The van der Waals surface area contributed by atoms with Gasteiger partial charge in [0, 0.05) is 13.0 Å². The van der Waals surface area contributed by atoms with Crippen molar-refractivity contribution in [1.29, 1.82) is 0 Å². The van der Waals surface area contributed by atoms with E-state index < -0.39 is 0 Å². The van der Waals surface area contributed by atoms with Gasteiger partial charge in [-0.1, -0.05) is 12.1 Å². The number of hydrogen-bond donors (Lipinski definition) is 1. The van der Waals surface area contributed by atoms with Crippen LogP contribution in [0.5, 0.6) is 0 Å². The average molecular weight is 298 g/mol. The molecule has 0 bridgehead atoms. The van der Waals surface area contributed by atoms with Crippen molar-refractivity contribution < 1.29 is 4.79 Å². The van der Waals surface area contributed by atoms with Gasteiger partial charge in [-0.2, -0.15) is 0 Å². The molecule has 1 unspecified atom stereocenters. The van der Waals surface area contributed by atoms with Crippen LogP contribution in [0.4, 0.5) is 0 Å². The second kappa shape index (κ2) is 6.83. The number of rotatable bonds is 3. The van der Waals surface area contributed by atoms with Crippen LogP contribution >= 0.6 is 0 Å². The van der Waals surface area contributed by atoms with Crippen LogP contribution in [0, 0.1) is 5.92 Å². The van der Waals surface area contributed by atoms with E-state index in [-0.39, 0.29) is 11.8 Å². The number of hydrogen-bond acceptors (Lipinski definition) is 4. The van der Waals surface area contributed by atoms with Gasteiger partial charge < -0.3 is 10.2 Å². The van der Waals surface area contributed by atoms with Crippen molar-refractivity contribution in [2.24, 2.45) is 5.92 Å². The van der Waals surface area contributed by atoms with E-state index in [1.807, 2.05) is 31.3 Å². The maximum Gasteiger partial charge on any atom is 0.225 e. The highest BCUT2D eigenvalue weighted by Crippen LogP contribution is 2.17. The van der Waals surface area contributed by atoms with E-state index in [0.717, 1.165) is 49.1 Å². The fourth-order valence-corrected chi connectivity index (χ4v) is 2.97. The number of fused-ring (bicyclic) bond motifs is 1. The molecular weight excluding hydrogens is 276 g/mol. The molecule has 5 heteroatoms. The van der Waals surface area contributed by atoms with Gasteiger partial charge in [0.25, 0.3) is 0 Å². The van der Waals surface area contributed by atoms with Gasteiger partial charge in [0.05, 0.1) is 29.5 Å². The number of carbonyl (C=O) groups excluding carboxylic acids is 1. The van der Waals surface area contributed by atoms with Crippen LogP contribution in [0.1, 0.15) is 25.0 Å². The van der Waals surface area contributed by atoms with Crippen LogP contribution in [0.3, 0.4) is 0 Å². The molecule has 0 radical (unpaired) electrons. The van der Waals surface area contributed by atoms with E-state index in [4.69, 9.17) is 0 Å². The number of benzene rings is 1. The zero-order chi connectivity index (χ0) is 15.4. The fraction of sp³-hybridized carbons (Fsp3) is 0.471. The predicted molar refractivity (Wildman–Crippen MR) is 86.2 cm³/mol. The summed E-state index contributed by atoms with van der Waals surface area (Å²) in [5, 5.41) is 3.35. The third kappa shape index (κ3) is 3.42. The molecule has 1 aromatic heterocycles. The monoisotopic (exact) mass is 298 g/mol. The fourth-order valence-electron chi connectivity index (χ4n) is 2.97. The SMILES string of the molecule is CN(Cc1cnc2ccccc2n1)C(=O)C1CCCNCC1. The van der Waals surface area contributed by atoms with Gasteiger partial charge in [0.2, 0.25) is 5.91 Å². The Kier molecular flexibility index (Phi) is 4.63. The summed E-state index contributed by atoms with van der Waals surface area (Å²) in [6, 6.07) is 7.80. The Bertz CT molecular complexity index is 650. The first-order valence-electron chi connectivity index (χ1n) is 7.90. The van der Waals surface area contributed by atoms with Crippen molar-refractivity contribution in [1.82, 2.24) is 20.2 Å². The lowest BCUT2D eigenvalue weighted by molar-refractivity contribution is -0.135. The zero-order valence-electron chi connectivity index (χ0n) is 13.0. The highest BCUT2D eigenvalue weighted by molar-refractivity contribution is 5.78. The molecule has 1 aliphatic rings. The molecule has 2 aromatic rings. The molecule has 1 aliphatic heterocycles. The van der Waals surface area contributed by atoms with Gasteiger partial charge in [-0.3, -0.25) is 9.78 Å². The highest BCUT2D eigenvalue weighted by Gasteiger charge is 2.23. The summed E-state index contributed by atoms with van der Waals surface area (Å²) in [5.41, 5.74) is 2.59. The van der Waals surface area contributed by atoms with Crippen LogP contribution < -0.4 is 5.32 Å². The van der Waals surface area contributed by atoms with Crippen molar-refractivity contribution in [3.63, 3.8) is 0 Å². The van der Waals surface area contributed by atoms with Crippen LogP contribution in [-0.2, 0) is 11.3 Å². The predicted octanol–water partition coefficient (Wildman–Crippen LogP) is 1.98. The lowest BCUT2D eigenvalue weighted by atomic mass is 9.99. The topological polar surface area (TPSA) is 58.1 Å². The Balaban J connectivity index is 1.68. The summed E-state index contributed by atoms with van der Waals surface area (Å²) in [4.78, 5) is 23.4. The smallest absolute Gasteiger partial charge is 0.225 e. The van der Waals surface area contributed by atoms with Crippen molar-refractivity contribution in [2.45, 2.75) is 25.8 Å². The van der Waals surface area contributed by atoms with Crippen molar-refractivity contribution in [2.75, 3.05) is 20.1 Å². The molecule has 3 rings (SSSR count). The number of nitrogens with one attached hydrogen (secondary N) is 1. The molecule has 1 N–H and O–H groups in total. The van der Waals surface area contributed by atoms with Gasteiger partial charge in [-0.15, -0.1) is 0 Å². The molecule has 5 nitrogen and oxygen atoms in total. The molecule has 1 amide bonds. The summed E-state index contributed by atoms with van der Waals surface area (Å²) in [6.07, 6.45) is 4.73. The first-order chi connectivity index (χ1) is 10.7. The maximum absolute atomic E-state index is 12.6. The molecule has 22 heavy (non-hydrogen) atoms. The third-order valence-corrected chi connectivity index (χ3v) is 4.20. The molecule has 2 heterocycles. The molecule has 1 aromatic carbocycles. The van der Waals surface area contributed by atoms with Gasteiger partial charge in [-0.25, -0.2) is 4.98 Å². The van der Waals surface area contributed by atoms with Crippen LogP contribution in [0.15, 0.2) is 30.5 Å². The van der Waals surface area contributed by atoms with Crippen LogP contribution in [0.25, 0.3) is 11.0 Å². The van der Waals surface area contributed by atoms with Crippen molar-refractivity contribution >= 4 is 16.9 Å². The standard InChI is InChI=1S/C17H22N4O/c1-21(17(22)13-5-4-9-18-10-8-13)12-14-11-19-15-6-2-3-7-16(15)20-14/h2-3,6-7,11,13,18H,4-5,8-10,12H2,1H3. The average Bonchev–Trinajstić information content (AvgIpc) is 2.83. The zero-order valence-corrected chi connectivity index (χ0v) is 13.0. The molecule has 1 atom stereocenters. The summed E-state index contributed by atoms with van der Waals surface area (Å²) in [6.45, 7) is 2.46. The van der Waals surface area contributed by atoms with Gasteiger partial charge in [-0.05, 0) is 44.5 Å². The molecule has 1 fully saturated rings. The molecule has 116 valence electrons. The molecule has 0 aliphatic carbocycles. The summed E-state index contributed by atoms with van der Waals surface area (Å²) >= 11 is 0. The van der Waals surface area contributed by atoms with Gasteiger partial charge >= 0.3 is 0 Å². The first-order valence-corrected chi connectivity index (χ1v) is 7.90. The Morgan fingerprint density at radius 1 is 1.27 bits per heavy atom. The Labute approximate surface area is 130 Å². The quantitative estimate of drug-likeness (QED) is 0.941. The summed E-state index contributed by atoms with van der Waals surface area (Å²) < 4.78 is 0. The van der Waals surface area contributed by atoms with E-state index in [2.05, 4.69) is 15.3 Å².